The van der Waals surface area contributed by atoms with Crippen molar-refractivity contribution in [3.05, 3.63) is 69.9 Å². The number of rotatable bonds is 4. The van der Waals surface area contributed by atoms with Crippen LogP contribution in [0.1, 0.15) is 28.8 Å². The van der Waals surface area contributed by atoms with E-state index in [4.69, 9.17) is 0 Å². The lowest BCUT2D eigenvalue weighted by molar-refractivity contribution is -0.126. The SMILES string of the molecule is O=C(N/N=C\c1cccc(Br)c1)C1CCN(C(=O)c2ccc(F)cc2)CC1. The average molecular weight is 432 g/mol. The summed E-state index contributed by atoms with van der Waals surface area (Å²) in [7, 11) is 0. The Morgan fingerprint density at radius 3 is 2.52 bits per heavy atom. The topological polar surface area (TPSA) is 61.8 Å². The summed E-state index contributed by atoms with van der Waals surface area (Å²) in [5.41, 5.74) is 3.91. The predicted molar refractivity (Wildman–Crippen MR) is 105 cm³/mol. The third kappa shape index (κ3) is 5.23. The zero-order valence-corrected chi connectivity index (χ0v) is 16.2. The molecule has 0 unspecified atom stereocenters. The molecule has 1 aliphatic heterocycles. The molecular formula is C20H19BrFN3O2. The molecule has 0 aromatic heterocycles. The number of hydrogen-bond donors (Lipinski definition) is 1. The fourth-order valence-electron chi connectivity index (χ4n) is 2.97. The Balaban J connectivity index is 1.49. The van der Waals surface area contributed by atoms with Gasteiger partial charge in [0.25, 0.3) is 5.91 Å². The van der Waals surface area contributed by atoms with Crippen molar-refractivity contribution in [3.8, 4) is 0 Å². The van der Waals surface area contributed by atoms with E-state index in [0.29, 0.717) is 31.5 Å². The average Bonchev–Trinajstić information content (AvgIpc) is 2.68. The maximum absolute atomic E-state index is 13.0. The molecule has 3 rings (SSSR count). The monoisotopic (exact) mass is 431 g/mol. The number of piperidine rings is 1. The van der Waals surface area contributed by atoms with E-state index in [2.05, 4.69) is 26.5 Å². The first-order chi connectivity index (χ1) is 13.0. The second-order valence-electron chi connectivity index (χ2n) is 6.36. The van der Waals surface area contributed by atoms with E-state index in [1.54, 1.807) is 11.1 Å². The predicted octanol–water partition coefficient (Wildman–Crippen LogP) is 3.59. The van der Waals surface area contributed by atoms with Crippen LogP contribution in [-0.2, 0) is 4.79 Å². The maximum atomic E-state index is 13.0. The molecule has 2 amide bonds. The highest BCUT2D eigenvalue weighted by molar-refractivity contribution is 9.10. The molecule has 0 atom stereocenters. The third-order valence-corrected chi connectivity index (χ3v) is 4.97. The van der Waals surface area contributed by atoms with Gasteiger partial charge in [0.15, 0.2) is 0 Å². The highest BCUT2D eigenvalue weighted by Crippen LogP contribution is 2.19. The van der Waals surface area contributed by atoms with Crippen molar-refractivity contribution in [1.29, 1.82) is 0 Å². The van der Waals surface area contributed by atoms with Crippen LogP contribution in [0.15, 0.2) is 58.1 Å². The van der Waals surface area contributed by atoms with Crippen LogP contribution in [0.25, 0.3) is 0 Å². The molecule has 2 aromatic carbocycles. The fraction of sp³-hybridized carbons (Fsp3) is 0.250. The summed E-state index contributed by atoms with van der Waals surface area (Å²) in [6.45, 7) is 0.979. The molecule has 5 nitrogen and oxygen atoms in total. The van der Waals surface area contributed by atoms with Crippen molar-refractivity contribution in [2.24, 2.45) is 11.0 Å². The van der Waals surface area contributed by atoms with Crippen molar-refractivity contribution in [3.63, 3.8) is 0 Å². The van der Waals surface area contributed by atoms with E-state index in [-0.39, 0.29) is 23.5 Å². The van der Waals surface area contributed by atoms with E-state index in [9.17, 15) is 14.0 Å². The standard InChI is InChI=1S/C20H19BrFN3O2/c21-17-3-1-2-14(12-17)13-23-24-19(26)15-8-10-25(11-9-15)20(27)16-4-6-18(22)7-5-16/h1-7,12-13,15H,8-11H2,(H,24,26)/b23-13-. The van der Waals surface area contributed by atoms with Crippen LogP contribution in [0, 0.1) is 11.7 Å². The Hall–Kier alpha value is -2.54. The van der Waals surface area contributed by atoms with E-state index in [1.165, 1.54) is 24.3 Å². The summed E-state index contributed by atoms with van der Waals surface area (Å²) in [6, 6.07) is 13.1. The van der Waals surface area contributed by atoms with Gasteiger partial charge < -0.3 is 4.90 Å². The van der Waals surface area contributed by atoms with Crippen molar-refractivity contribution in [2.75, 3.05) is 13.1 Å². The first-order valence-electron chi connectivity index (χ1n) is 8.66. The van der Waals surface area contributed by atoms with Gasteiger partial charge in [-0.15, -0.1) is 0 Å². The van der Waals surface area contributed by atoms with Gasteiger partial charge in [0, 0.05) is 29.0 Å². The zero-order valence-electron chi connectivity index (χ0n) is 14.6. The van der Waals surface area contributed by atoms with Crippen molar-refractivity contribution in [2.45, 2.75) is 12.8 Å². The van der Waals surface area contributed by atoms with Gasteiger partial charge >= 0.3 is 0 Å². The number of likely N-dealkylation sites (tertiary alicyclic amines) is 1. The Bertz CT molecular complexity index is 847. The first kappa shape index (κ1) is 19.2. The summed E-state index contributed by atoms with van der Waals surface area (Å²) in [4.78, 5) is 26.4. The summed E-state index contributed by atoms with van der Waals surface area (Å²) in [5, 5.41) is 4.01. The van der Waals surface area contributed by atoms with Crippen LogP contribution < -0.4 is 5.43 Å². The van der Waals surface area contributed by atoms with Gasteiger partial charge in [-0.1, -0.05) is 28.1 Å². The van der Waals surface area contributed by atoms with Gasteiger partial charge in [0.1, 0.15) is 5.82 Å². The van der Waals surface area contributed by atoms with Gasteiger partial charge in [-0.05, 0) is 54.8 Å². The van der Waals surface area contributed by atoms with Gasteiger partial charge in [0.2, 0.25) is 5.91 Å². The molecular weight excluding hydrogens is 413 g/mol. The number of hydrazone groups is 1. The van der Waals surface area contributed by atoms with E-state index >= 15 is 0 Å². The Morgan fingerprint density at radius 1 is 1.15 bits per heavy atom. The molecule has 27 heavy (non-hydrogen) atoms. The second-order valence-corrected chi connectivity index (χ2v) is 7.28. The third-order valence-electron chi connectivity index (χ3n) is 4.48. The zero-order chi connectivity index (χ0) is 19.2. The molecule has 1 aliphatic rings. The lowest BCUT2D eigenvalue weighted by Gasteiger charge is -2.31. The van der Waals surface area contributed by atoms with Crippen LogP contribution in [0.3, 0.4) is 0 Å². The molecule has 1 N–H and O–H groups in total. The van der Waals surface area contributed by atoms with E-state index in [0.717, 1.165) is 10.0 Å². The van der Waals surface area contributed by atoms with Crippen molar-refractivity contribution in [1.82, 2.24) is 10.3 Å². The minimum absolute atomic E-state index is 0.137. The van der Waals surface area contributed by atoms with Gasteiger partial charge in [-0.25, -0.2) is 9.82 Å². The molecule has 1 heterocycles. The largest absolute Gasteiger partial charge is 0.339 e. The number of hydrogen-bond acceptors (Lipinski definition) is 3. The number of nitrogens with zero attached hydrogens (tertiary/aromatic N) is 2. The normalized spacial score (nSPS) is 15.1. The van der Waals surface area contributed by atoms with Gasteiger partial charge in [-0.2, -0.15) is 5.10 Å². The van der Waals surface area contributed by atoms with Gasteiger partial charge in [-0.3, -0.25) is 9.59 Å². The fourth-order valence-corrected chi connectivity index (χ4v) is 3.39. The van der Waals surface area contributed by atoms with Crippen molar-refractivity contribution < 1.29 is 14.0 Å². The van der Waals surface area contributed by atoms with E-state index in [1.807, 2.05) is 24.3 Å². The lowest BCUT2D eigenvalue weighted by atomic mass is 9.95. The molecule has 1 fully saturated rings. The first-order valence-corrected chi connectivity index (χ1v) is 9.45. The van der Waals surface area contributed by atoms with Crippen LogP contribution in [0.4, 0.5) is 4.39 Å². The number of nitrogens with one attached hydrogen (secondary N) is 1. The van der Waals surface area contributed by atoms with Crippen LogP contribution in [0.2, 0.25) is 0 Å². The van der Waals surface area contributed by atoms with Crippen LogP contribution in [-0.4, -0.2) is 36.0 Å². The minimum Gasteiger partial charge on any atom is -0.339 e. The van der Waals surface area contributed by atoms with E-state index < -0.39 is 0 Å². The number of carbonyl (C=O) groups is 2. The number of amides is 2. The van der Waals surface area contributed by atoms with Crippen LogP contribution >= 0.6 is 15.9 Å². The summed E-state index contributed by atoms with van der Waals surface area (Å²) >= 11 is 3.38. The quantitative estimate of drug-likeness (QED) is 0.593. The molecule has 1 saturated heterocycles. The smallest absolute Gasteiger partial charge is 0.253 e. The van der Waals surface area contributed by atoms with Gasteiger partial charge in [0.05, 0.1) is 6.21 Å². The lowest BCUT2D eigenvalue weighted by Crippen LogP contribution is -2.42. The highest BCUT2D eigenvalue weighted by Gasteiger charge is 2.27. The highest BCUT2D eigenvalue weighted by atomic mass is 79.9. The molecule has 0 saturated carbocycles. The molecule has 0 bridgehead atoms. The summed E-state index contributed by atoms with van der Waals surface area (Å²) in [5.74, 6) is -0.830. The molecule has 0 radical (unpaired) electrons. The molecule has 0 spiro atoms. The summed E-state index contributed by atoms with van der Waals surface area (Å²) < 4.78 is 13.9. The number of benzene rings is 2. The Labute approximate surface area is 165 Å². The maximum Gasteiger partial charge on any atom is 0.253 e. The molecule has 140 valence electrons. The number of carbonyl (C=O) groups excluding carboxylic acids is 2. The molecule has 0 aliphatic carbocycles. The minimum atomic E-state index is -0.370. The molecule has 7 heteroatoms. The number of halogens is 2. The van der Waals surface area contributed by atoms with Crippen LogP contribution in [0.5, 0.6) is 0 Å². The second kappa shape index (κ2) is 8.90. The Kier molecular flexibility index (Phi) is 6.34. The van der Waals surface area contributed by atoms with Crippen molar-refractivity contribution >= 4 is 34.0 Å². The summed E-state index contributed by atoms with van der Waals surface area (Å²) in [6.07, 6.45) is 2.74. The molecule has 2 aromatic rings. The Morgan fingerprint density at radius 2 is 1.85 bits per heavy atom.